The maximum Gasteiger partial charge on any atom is 0.246 e. The Hall–Kier alpha value is -4.22. The van der Waals surface area contributed by atoms with Gasteiger partial charge in [-0.25, -0.2) is 9.37 Å². The molecule has 214 valence electrons. The van der Waals surface area contributed by atoms with Crippen LogP contribution in [0.25, 0.3) is 11.3 Å². The second kappa shape index (κ2) is 11.0. The summed E-state index contributed by atoms with van der Waals surface area (Å²) >= 11 is 6.88. The number of benzene rings is 1. The molecule has 3 unspecified atom stereocenters. The standard InChI is InChI=1S/C29H31ClFN7O3/c1-5-20(41)37-13-17-11-34-26-22(28(32)38(17)12-15(37)3)29(35-24-14(2)9-10-33-25(24)16(4)39)36-27(23(26)30)21-18(31)7-6-8-19(21)40/h5-10,15-17,32,34,39-40H,1,11-13H2,2-4H3,(H,35,36). The minimum atomic E-state index is -0.920. The number of carbonyl (C=O) groups excluding carboxylic acids is 1. The van der Waals surface area contributed by atoms with E-state index in [-0.39, 0.29) is 51.7 Å². The molecule has 0 bridgehead atoms. The van der Waals surface area contributed by atoms with Crippen molar-refractivity contribution in [2.75, 3.05) is 30.3 Å². The Morgan fingerprint density at radius 1 is 1.34 bits per heavy atom. The Bertz CT molecular complexity index is 1540. The van der Waals surface area contributed by atoms with Crippen molar-refractivity contribution in [2.24, 2.45) is 0 Å². The molecule has 10 nitrogen and oxygen atoms in total. The fourth-order valence-corrected chi connectivity index (χ4v) is 5.71. The van der Waals surface area contributed by atoms with Crippen LogP contribution in [0.3, 0.4) is 0 Å². The number of hydrogen-bond acceptors (Lipinski definition) is 8. The van der Waals surface area contributed by atoms with Gasteiger partial charge in [0.25, 0.3) is 0 Å². The zero-order valence-electron chi connectivity index (χ0n) is 22.9. The lowest BCUT2D eigenvalue weighted by atomic mass is 10.0. The molecular weight excluding hydrogens is 549 g/mol. The Morgan fingerprint density at radius 2 is 2.10 bits per heavy atom. The zero-order chi connectivity index (χ0) is 29.6. The van der Waals surface area contributed by atoms with Crippen LogP contribution in [0.15, 0.2) is 43.1 Å². The van der Waals surface area contributed by atoms with Crippen molar-refractivity contribution in [1.82, 2.24) is 19.8 Å². The molecule has 12 heteroatoms. The summed E-state index contributed by atoms with van der Waals surface area (Å²) in [5.41, 5.74) is 2.04. The number of nitrogens with zero attached hydrogens (tertiary/aromatic N) is 4. The molecule has 1 aromatic carbocycles. The van der Waals surface area contributed by atoms with Gasteiger partial charge in [-0.2, -0.15) is 0 Å². The summed E-state index contributed by atoms with van der Waals surface area (Å²) < 4.78 is 15.1. The molecule has 3 aromatic rings. The summed E-state index contributed by atoms with van der Waals surface area (Å²) in [7, 11) is 0. The molecule has 0 aliphatic carbocycles. The summed E-state index contributed by atoms with van der Waals surface area (Å²) in [4.78, 5) is 25.1. The van der Waals surface area contributed by atoms with Gasteiger partial charge < -0.3 is 30.6 Å². The number of aromatic hydroxyl groups is 1. The number of aliphatic hydroxyl groups excluding tert-OH is 1. The Morgan fingerprint density at radius 3 is 2.78 bits per heavy atom. The van der Waals surface area contributed by atoms with E-state index < -0.39 is 11.9 Å². The van der Waals surface area contributed by atoms with Gasteiger partial charge in [0, 0.05) is 31.9 Å². The largest absolute Gasteiger partial charge is 0.507 e. The fourth-order valence-electron chi connectivity index (χ4n) is 5.41. The van der Waals surface area contributed by atoms with Crippen LogP contribution in [0.2, 0.25) is 5.02 Å². The van der Waals surface area contributed by atoms with Crippen LogP contribution in [0, 0.1) is 18.2 Å². The van der Waals surface area contributed by atoms with Gasteiger partial charge in [0.15, 0.2) is 0 Å². The van der Waals surface area contributed by atoms with Crippen molar-refractivity contribution in [3.63, 3.8) is 0 Å². The van der Waals surface area contributed by atoms with Gasteiger partial charge in [-0.15, -0.1) is 0 Å². The van der Waals surface area contributed by atoms with Crippen LogP contribution in [-0.4, -0.2) is 73.4 Å². The first kappa shape index (κ1) is 28.3. The Kier molecular flexibility index (Phi) is 7.58. The van der Waals surface area contributed by atoms with Gasteiger partial charge in [0.2, 0.25) is 5.91 Å². The van der Waals surface area contributed by atoms with E-state index in [0.717, 1.165) is 5.56 Å². The molecular formula is C29H31ClFN7O3. The van der Waals surface area contributed by atoms with Crippen LogP contribution in [-0.2, 0) is 4.79 Å². The number of fused-ring (bicyclic) bond motifs is 2. The lowest BCUT2D eigenvalue weighted by Crippen LogP contribution is -2.61. The first-order valence-electron chi connectivity index (χ1n) is 13.2. The molecule has 1 saturated heterocycles. The second-order valence-electron chi connectivity index (χ2n) is 10.3. The molecule has 4 heterocycles. The van der Waals surface area contributed by atoms with Crippen LogP contribution in [0.5, 0.6) is 5.75 Å². The summed E-state index contributed by atoms with van der Waals surface area (Å²) in [5, 5.41) is 37.0. The molecule has 1 fully saturated rings. The van der Waals surface area contributed by atoms with Crippen LogP contribution in [0.4, 0.5) is 21.6 Å². The van der Waals surface area contributed by atoms with E-state index in [1.54, 1.807) is 24.1 Å². The van der Waals surface area contributed by atoms with Crippen molar-refractivity contribution in [1.29, 1.82) is 5.41 Å². The van der Waals surface area contributed by atoms with Crippen LogP contribution < -0.4 is 10.6 Å². The molecule has 5 N–H and O–H groups in total. The number of pyridine rings is 2. The van der Waals surface area contributed by atoms with E-state index >= 15 is 4.39 Å². The Labute approximate surface area is 242 Å². The van der Waals surface area contributed by atoms with Gasteiger partial charge in [-0.1, -0.05) is 24.2 Å². The quantitative estimate of drug-likeness (QED) is 0.277. The molecule has 0 radical (unpaired) electrons. The summed E-state index contributed by atoms with van der Waals surface area (Å²) in [6, 6.07) is 5.21. The van der Waals surface area contributed by atoms with Gasteiger partial charge >= 0.3 is 0 Å². The topological polar surface area (TPSA) is 138 Å². The number of aliphatic hydroxyl groups is 1. The third-order valence-corrected chi connectivity index (χ3v) is 7.90. The van der Waals surface area contributed by atoms with Crippen molar-refractivity contribution in [3.05, 3.63) is 70.8 Å². The van der Waals surface area contributed by atoms with E-state index in [1.165, 1.54) is 24.3 Å². The van der Waals surface area contributed by atoms with Crippen molar-refractivity contribution < 1.29 is 19.4 Å². The number of carbonyl (C=O) groups is 1. The Balaban J connectivity index is 1.72. The SMILES string of the molecule is C=CC(=O)N1CC2CNc3c(Cl)c(-c4c(O)cccc4F)nc(Nc4c(C)ccnc4C(C)O)c3C(=N)N2CC1C. The first-order valence-corrected chi connectivity index (χ1v) is 13.6. The summed E-state index contributed by atoms with van der Waals surface area (Å²) in [6.45, 7) is 9.99. The molecule has 0 saturated carbocycles. The number of rotatable bonds is 5. The number of amidine groups is 1. The van der Waals surface area contributed by atoms with Crippen molar-refractivity contribution in [2.45, 2.75) is 39.0 Å². The number of phenolic OH excluding ortho intramolecular Hbond substituents is 1. The average molecular weight is 580 g/mol. The highest BCUT2D eigenvalue weighted by atomic mass is 35.5. The smallest absolute Gasteiger partial charge is 0.246 e. The third kappa shape index (κ3) is 4.95. The highest BCUT2D eigenvalue weighted by Gasteiger charge is 2.39. The average Bonchev–Trinajstić information content (AvgIpc) is 3.07. The van der Waals surface area contributed by atoms with E-state index in [1.807, 2.05) is 18.7 Å². The molecule has 2 aliphatic rings. The number of anilines is 3. The van der Waals surface area contributed by atoms with Gasteiger partial charge in [-0.05, 0) is 50.6 Å². The molecule has 5 rings (SSSR count). The monoisotopic (exact) mass is 579 g/mol. The summed E-state index contributed by atoms with van der Waals surface area (Å²) in [5.74, 6) is -0.992. The summed E-state index contributed by atoms with van der Waals surface area (Å²) in [6.07, 6.45) is 1.94. The number of aryl methyl sites for hydroxylation is 1. The fraction of sp³-hybridized carbons (Fsp3) is 0.310. The number of aromatic nitrogens is 2. The number of hydrogen-bond donors (Lipinski definition) is 5. The van der Waals surface area contributed by atoms with E-state index in [9.17, 15) is 20.4 Å². The van der Waals surface area contributed by atoms with E-state index in [2.05, 4.69) is 27.2 Å². The highest BCUT2D eigenvalue weighted by Crippen LogP contribution is 2.45. The zero-order valence-corrected chi connectivity index (χ0v) is 23.6. The first-order chi connectivity index (χ1) is 19.5. The molecule has 41 heavy (non-hydrogen) atoms. The molecule has 2 aliphatic heterocycles. The van der Waals surface area contributed by atoms with Crippen LogP contribution in [0.1, 0.15) is 36.8 Å². The van der Waals surface area contributed by atoms with E-state index in [0.29, 0.717) is 42.3 Å². The maximum absolute atomic E-state index is 15.1. The van der Waals surface area contributed by atoms with Crippen molar-refractivity contribution in [3.8, 4) is 17.0 Å². The predicted molar refractivity (Wildman–Crippen MR) is 156 cm³/mol. The lowest BCUT2D eigenvalue weighted by Gasteiger charge is -2.45. The van der Waals surface area contributed by atoms with E-state index in [4.69, 9.17) is 11.6 Å². The van der Waals surface area contributed by atoms with Gasteiger partial charge in [0.05, 0.1) is 45.4 Å². The number of piperazine rings is 1. The molecule has 0 spiro atoms. The predicted octanol–water partition coefficient (Wildman–Crippen LogP) is 4.59. The second-order valence-corrected chi connectivity index (χ2v) is 10.7. The number of amides is 1. The van der Waals surface area contributed by atoms with Gasteiger partial charge in [-0.3, -0.25) is 15.2 Å². The highest BCUT2D eigenvalue weighted by molar-refractivity contribution is 6.37. The number of nitrogens with one attached hydrogen (secondary N) is 3. The molecule has 3 atom stereocenters. The van der Waals surface area contributed by atoms with Crippen molar-refractivity contribution >= 4 is 40.5 Å². The third-order valence-electron chi connectivity index (χ3n) is 7.53. The van der Waals surface area contributed by atoms with Gasteiger partial charge in [0.1, 0.15) is 28.9 Å². The number of halogens is 2. The normalized spacial score (nSPS) is 19.0. The minimum absolute atomic E-state index is 0.0272. The maximum atomic E-state index is 15.1. The number of phenols is 1. The molecule has 2 aromatic heterocycles. The van der Waals surface area contributed by atoms with Crippen LogP contribution >= 0.6 is 11.6 Å². The molecule has 1 amide bonds. The minimum Gasteiger partial charge on any atom is -0.507 e. The lowest BCUT2D eigenvalue weighted by molar-refractivity contribution is -0.130.